The number of benzene rings is 1. The fourth-order valence-electron chi connectivity index (χ4n) is 1.82. The average Bonchev–Trinajstić information content (AvgIpc) is 2.82. The fourth-order valence-corrected chi connectivity index (χ4v) is 3.03. The van der Waals surface area contributed by atoms with Crippen molar-refractivity contribution in [1.29, 1.82) is 5.26 Å². The first-order chi connectivity index (χ1) is 11.3. The first kappa shape index (κ1) is 19.6. The van der Waals surface area contributed by atoms with Gasteiger partial charge in [0.2, 0.25) is 0 Å². The predicted octanol–water partition coefficient (Wildman–Crippen LogP) is 5.26. The van der Waals surface area contributed by atoms with E-state index in [9.17, 15) is 26.3 Å². The molecule has 0 aliphatic heterocycles. The summed E-state index contributed by atoms with van der Waals surface area (Å²) in [6, 6.07) is 1.92. The molecule has 25 heavy (non-hydrogen) atoms. The van der Waals surface area contributed by atoms with E-state index in [1.807, 2.05) is 0 Å². The van der Waals surface area contributed by atoms with E-state index >= 15 is 0 Å². The molecule has 2 rings (SSSR count). The van der Waals surface area contributed by atoms with Crippen molar-refractivity contribution in [3.63, 3.8) is 0 Å². The Hall–Kier alpha value is -1.77. The highest BCUT2D eigenvalue weighted by molar-refractivity contribution is 8.00. The summed E-state index contributed by atoms with van der Waals surface area (Å²) >= 11 is 11.0. The molecule has 0 atom stereocenters. The van der Waals surface area contributed by atoms with Crippen molar-refractivity contribution in [2.24, 2.45) is 0 Å². The first-order valence-electron chi connectivity index (χ1n) is 5.95. The molecule has 0 spiro atoms. The van der Waals surface area contributed by atoms with E-state index < -0.39 is 55.3 Å². The van der Waals surface area contributed by atoms with Gasteiger partial charge in [-0.25, -0.2) is 4.68 Å². The smallest absolute Gasteiger partial charge is 0.397 e. The van der Waals surface area contributed by atoms with Crippen molar-refractivity contribution in [3.05, 3.63) is 33.6 Å². The molecule has 0 saturated heterocycles. The van der Waals surface area contributed by atoms with E-state index in [2.05, 4.69) is 5.10 Å². The lowest BCUT2D eigenvalue weighted by Crippen LogP contribution is -2.11. The van der Waals surface area contributed by atoms with E-state index in [0.717, 1.165) is 6.20 Å². The van der Waals surface area contributed by atoms with Crippen LogP contribution in [0.25, 0.3) is 5.69 Å². The van der Waals surface area contributed by atoms with Crippen LogP contribution in [0, 0.1) is 11.3 Å². The minimum atomic E-state index is -4.84. The van der Waals surface area contributed by atoms with Gasteiger partial charge in [0.1, 0.15) is 11.8 Å². The van der Waals surface area contributed by atoms with E-state index in [-0.39, 0.29) is 5.69 Å². The Bertz CT molecular complexity index is 868. The summed E-state index contributed by atoms with van der Waals surface area (Å²) in [5, 5.41) is 11.2. The predicted molar refractivity (Wildman–Crippen MR) is 79.6 cm³/mol. The van der Waals surface area contributed by atoms with Crippen LogP contribution in [0.3, 0.4) is 0 Å². The number of hydrogen-bond acceptors (Lipinski definition) is 4. The van der Waals surface area contributed by atoms with Crippen LogP contribution in [0.15, 0.2) is 17.2 Å². The Morgan fingerprint density at radius 1 is 1.20 bits per heavy atom. The number of anilines is 1. The summed E-state index contributed by atoms with van der Waals surface area (Å²) in [5.74, 6) is 0. The molecule has 2 aromatic rings. The molecule has 0 saturated carbocycles. The molecular formula is C12H4Cl2F6N4S. The van der Waals surface area contributed by atoms with Gasteiger partial charge in [-0.3, -0.25) is 0 Å². The van der Waals surface area contributed by atoms with Crippen LogP contribution < -0.4 is 5.73 Å². The standard InChI is InChI=1S/C12H4Cl2F6N4S/c13-5-1-4(11(15,16)17)9(22)8(14)10(5)24-3-7(6(2-21)23-24)25-12(18,19)20/h1,3H,22H2. The van der Waals surface area contributed by atoms with Gasteiger partial charge in [-0.15, -0.1) is 0 Å². The maximum absolute atomic E-state index is 12.9. The molecule has 0 fully saturated rings. The van der Waals surface area contributed by atoms with Gasteiger partial charge in [-0.1, -0.05) is 23.2 Å². The number of halogens is 8. The van der Waals surface area contributed by atoms with Gasteiger partial charge in [0.15, 0.2) is 5.69 Å². The monoisotopic (exact) mass is 420 g/mol. The zero-order valence-corrected chi connectivity index (χ0v) is 13.8. The normalized spacial score (nSPS) is 12.3. The summed E-state index contributed by atoms with van der Waals surface area (Å²) in [6.45, 7) is 0. The molecule has 4 nitrogen and oxygen atoms in total. The topological polar surface area (TPSA) is 67.6 Å². The number of thioether (sulfide) groups is 1. The number of nitrogen functional groups attached to an aromatic ring is 1. The molecule has 0 aliphatic rings. The van der Waals surface area contributed by atoms with Crippen LogP contribution in [-0.2, 0) is 6.18 Å². The quantitative estimate of drug-likeness (QED) is 0.408. The summed E-state index contributed by atoms with van der Waals surface area (Å²) < 4.78 is 76.7. The Labute approximate surface area is 150 Å². The van der Waals surface area contributed by atoms with Gasteiger partial charge in [-0.2, -0.15) is 36.7 Å². The van der Waals surface area contributed by atoms with Crippen LogP contribution in [-0.4, -0.2) is 15.3 Å². The first-order valence-corrected chi connectivity index (χ1v) is 7.53. The average molecular weight is 421 g/mol. The van der Waals surface area contributed by atoms with Crippen molar-refractivity contribution in [2.75, 3.05) is 5.73 Å². The van der Waals surface area contributed by atoms with Gasteiger partial charge in [-0.05, 0) is 17.8 Å². The van der Waals surface area contributed by atoms with Crippen LogP contribution in [0.4, 0.5) is 32.0 Å². The van der Waals surface area contributed by atoms with Gasteiger partial charge in [0.25, 0.3) is 0 Å². The number of nitrogens with two attached hydrogens (primary N) is 1. The van der Waals surface area contributed by atoms with Crippen molar-refractivity contribution >= 4 is 40.7 Å². The molecule has 0 aliphatic carbocycles. The van der Waals surface area contributed by atoms with Gasteiger partial charge in [0, 0.05) is 6.20 Å². The number of nitriles is 1. The molecule has 0 bridgehead atoms. The third kappa shape index (κ3) is 4.08. The zero-order chi connectivity index (χ0) is 19.2. The zero-order valence-electron chi connectivity index (χ0n) is 11.5. The fraction of sp³-hybridized carbons (Fsp3) is 0.167. The summed E-state index contributed by atoms with van der Waals surface area (Å²) in [5.41, 5.74) is -2.50. The Morgan fingerprint density at radius 3 is 2.28 bits per heavy atom. The molecule has 0 radical (unpaired) electrons. The van der Waals surface area contributed by atoms with Crippen molar-refractivity contribution in [2.45, 2.75) is 16.6 Å². The third-order valence-electron chi connectivity index (χ3n) is 2.78. The minimum absolute atomic E-state index is 0.376. The maximum Gasteiger partial charge on any atom is 0.446 e. The molecule has 1 heterocycles. The molecule has 134 valence electrons. The van der Waals surface area contributed by atoms with E-state index in [1.165, 1.54) is 6.07 Å². The highest BCUT2D eigenvalue weighted by atomic mass is 35.5. The Balaban J connectivity index is 2.64. The van der Waals surface area contributed by atoms with Crippen LogP contribution in [0.2, 0.25) is 10.0 Å². The van der Waals surface area contributed by atoms with Crippen molar-refractivity contribution in [3.8, 4) is 11.8 Å². The van der Waals surface area contributed by atoms with E-state index in [1.54, 1.807) is 0 Å². The summed E-state index contributed by atoms with van der Waals surface area (Å²) in [4.78, 5) is -0.569. The SMILES string of the molecule is N#Cc1nn(-c2c(Cl)cc(C(F)(F)F)c(N)c2Cl)cc1SC(F)(F)F. The molecule has 1 aromatic heterocycles. The lowest BCUT2D eigenvalue weighted by Gasteiger charge is -2.15. The molecule has 0 unspecified atom stereocenters. The minimum Gasteiger partial charge on any atom is -0.397 e. The van der Waals surface area contributed by atoms with Crippen LogP contribution in [0.5, 0.6) is 0 Å². The highest BCUT2D eigenvalue weighted by Crippen LogP contribution is 2.44. The third-order valence-corrected chi connectivity index (χ3v) is 4.20. The number of nitrogens with zero attached hydrogens (tertiary/aromatic N) is 3. The largest absolute Gasteiger partial charge is 0.446 e. The second-order valence-electron chi connectivity index (χ2n) is 4.43. The van der Waals surface area contributed by atoms with Crippen LogP contribution in [0.1, 0.15) is 11.3 Å². The second-order valence-corrected chi connectivity index (χ2v) is 6.32. The van der Waals surface area contributed by atoms with Crippen molar-refractivity contribution < 1.29 is 26.3 Å². The highest BCUT2D eigenvalue weighted by Gasteiger charge is 2.36. The Kier molecular flexibility index (Phi) is 5.09. The van der Waals surface area contributed by atoms with Crippen LogP contribution >= 0.6 is 35.0 Å². The number of alkyl halides is 6. The van der Waals surface area contributed by atoms with E-state index in [0.29, 0.717) is 10.7 Å². The van der Waals surface area contributed by atoms with E-state index in [4.69, 9.17) is 34.2 Å². The molecular weight excluding hydrogens is 417 g/mol. The molecule has 2 N–H and O–H groups in total. The molecule has 1 aromatic carbocycles. The number of rotatable bonds is 2. The summed E-state index contributed by atoms with van der Waals surface area (Å²) in [6.07, 6.45) is -4.06. The second kappa shape index (κ2) is 6.51. The van der Waals surface area contributed by atoms with Gasteiger partial charge < -0.3 is 5.73 Å². The van der Waals surface area contributed by atoms with Gasteiger partial charge >= 0.3 is 11.7 Å². The summed E-state index contributed by atoms with van der Waals surface area (Å²) in [7, 11) is 0. The molecule has 0 amide bonds. The maximum atomic E-state index is 12.9. The lowest BCUT2D eigenvalue weighted by atomic mass is 10.1. The lowest BCUT2D eigenvalue weighted by molar-refractivity contribution is -0.136. The number of hydrogen-bond donors (Lipinski definition) is 1. The van der Waals surface area contributed by atoms with Gasteiger partial charge in [0.05, 0.1) is 26.2 Å². The molecule has 13 heteroatoms. The Morgan fingerprint density at radius 2 is 1.80 bits per heavy atom. The number of aromatic nitrogens is 2. The van der Waals surface area contributed by atoms with Crippen molar-refractivity contribution in [1.82, 2.24) is 9.78 Å².